The van der Waals surface area contributed by atoms with Crippen molar-refractivity contribution in [2.45, 2.75) is 12.8 Å². The lowest BCUT2D eigenvalue weighted by Gasteiger charge is -2.12. The lowest BCUT2D eigenvalue weighted by atomic mass is 10.1. The van der Waals surface area contributed by atoms with Crippen LogP contribution in [0.5, 0.6) is 5.75 Å². The third-order valence-electron chi connectivity index (χ3n) is 4.25. The van der Waals surface area contributed by atoms with E-state index < -0.39 is 5.91 Å². The number of amides is 3. The molecule has 1 aliphatic rings. The molecule has 2 aromatic rings. The van der Waals surface area contributed by atoms with E-state index in [0.717, 1.165) is 27.8 Å². The van der Waals surface area contributed by atoms with Crippen LogP contribution in [-0.4, -0.2) is 40.1 Å². The van der Waals surface area contributed by atoms with Gasteiger partial charge in [-0.15, -0.1) is 0 Å². The summed E-state index contributed by atoms with van der Waals surface area (Å²) in [5.41, 5.74) is 1.72. The zero-order valence-corrected chi connectivity index (χ0v) is 17.0. The molecule has 2 N–H and O–H groups in total. The SMILES string of the molecule is O=C(CCN1C(=O)SC(=Cc2cccc(Cl)c2)C1=O)NCCc1ccc(O)cc1. The zero-order chi connectivity index (χ0) is 20.8. The van der Waals surface area contributed by atoms with E-state index in [1.807, 2.05) is 0 Å². The van der Waals surface area contributed by atoms with Crippen molar-refractivity contribution in [3.05, 3.63) is 69.6 Å². The summed E-state index contributed by atoms with van der Waals surface area (Å²) in [7, 11) is 0. The maximum atomic E-state index is 12.5. The Bertz CT molecular complexity index is 959. The molecule has 29 heavy (non-hydrogen) atoms. The molecule has 3 rings (SSSR count). The minimum absolute atomic E-state index is 0.0304. The van der Waals surface area contributed by atoms with E-state index in [0.29, 0.717) is 22.9 Å². The summed E-state index contributed by atoms with van der Waals surface area (Å²) in [5, 5.41) is 12.2. The van der Waals surface area contributed by atoms with Crippen molar-refractivity contribution in [1.29, 1.82) is 0 Å². The highest BCUT2D eigenvalue weighted by atomic mass is 35.5. The monoisotopic (exact) mass is 430 g/mol. The minimum Gasteiger partial charge on any atom is -0.508 e. The molecule has 6 nitrogen and oxygen atoms in total. The number of aromatic hydroxyl groups is 1. The van der Waals surface area contributed by atoms with Gasteiger partial charge in [0.15, 0.2) is 0 Å². The van der Waals surface area contributed by atoms with Crippen LogP contribution in [0.15, 0.2) is 53.4 Å². The first-order chi connectivity index (χ1) is 13.9. The highest BCUT2D eigenvalue weighted by Gasteiger charge is 2.34. The van der Waals surface area contributed by atoms with E-state index in [-0.39, 0.29) is 29.9 Å². The van der Waals surface area contributed by atoms with Crippen LogP contribution in [-0.2, 0) is 16.0 Å². The zero-order valence-electron chi connectivity index (χ0n) is 15.4. The summed E-state index contributed by atoms with van der Waals surface area (Å²) in [5.74, 6) is -0.446. The molecule has 1 heterocycles. The van der Waals surface area contributed by atoms with E-state index in [9.17, 15) is 19.5 Å². The molecule has 0 spiro atoms. The molecule has 0 unspecified atom stereocenters. The average molecular weight is 431 g/mol. The molecule has 150 valence electrons. The number of rotatable bonds is 7. The first-order valence-electron chi connectivity index (χ1n) is 8.98. The molecule has 1 aliphatic heterocycles. The van der Waals surface area contributed by atoms with Gasteiger partial charge in [0, 0.05) is 24.5 Å². The minimum atomic E-state index is -0.406. The standard InChI is InChI=1S/C21H19ClN2O4S/c22-16-3-1-2-15(12-16)13-18-20(27)24(21(28)29-18)11-9-19(26)23-10-8-14-4-6-17(25)7-5-14/h1-7,12-13,25H,8-11H2,(H,23,26). The fraction of sp³-hybridized carbons (Fsp3) is 0.190. The molecule has 1 saturated heterocycles. The van der Waals surface area contributed by atoms with Crippen LogP contribution < -0.4 is 5.32 Å². The van der Waals surface area contributed by atoms with E-state index in [1.165, 1.54) is 0 Å². The largest absolute Gasteiger partial charge is 0.508 e. The van der Waals surface area contributed by atoms with Crippen molar-refractivity contribution >= 4 is 46.5 Å². The van der Waals surface area contributed by atoms with E-state index in [1.54, 1.807) is 54.6 Å². The second kappa shape index (κ2) is 9.62. The summed E-state index contributed by atoms with van der Waals surface area (Å²) in [6.07, 6.45) is 2.28. The highest BCUT2D eigenvalue weighted by Crippen LogP contribution is 2.32. The van der Waals surface area contributed by atoms with Crippen LogP contribution in [0.4, 0.5) is 4.79 Å². The first-order valence-corrected chi connectivity index (χ1v) is 10.2. The number of hydrogen-bond donors (Lipinski definition) is 2. The van der Waals surface area contributed by atoms with Crippen molar-refractivity contribution in [3.63, 3.8) is 0 Å². The molecule has 0 bridgehead atoms. The van der Waals surface area contributed by atoms with E-state index >= 15 is 0 Å². The molecule has 0 aromatic heterocycles. The predicted octanol–water partition coefficient (Wildman–Crippen LogP) is 3.83. The fourth-order valence-electron chi connectivity index (χ4n) is 2.75. The Morgan fingerprint density at radius 1 is 1.17 bits per heavy atom. The van der Waals surface area contributed by atoms with Crippen molar-refractivity contribution < 1.29 is 19.5 Å². The van der Waals surface area contributed by atoms with Crippen LogP contribution >= 0.6 is 23.4 Å². The molecule has 0 aliphatic carbocycles. The third kappa shape index (κ3) is 5.85. The van der Waals surface area contributed by atoms with Crippen LogP contribution in [0.25, 0.3) is 6.08 Å². The molecule has 2 aromatic carbocycles. The second-order valence-corrected chi connectivity index (χ2v) is 7.83. The number of nitrogens with one attached hydrogen (secondary N) is 1. The van der Waals surface area contributed by atoms with Crippen molar-refractivity contribution in [2.24, 2.45) is 0 Å². The summed E-state index contributed by atoms with van der Waals surface area (Å²) >= 11 is 6.80. The maximum Gasteiger partial charge on any atom is 0.293 e. The molecular formula is C21H19ClN2O4S. The van der Waals surface area contributed by atoms with Gasteiger partial charge in [-0.05, 0) is 59.7 Å². The number of nitrogens with zero attached hydrogens (tertiary/aromatic N) is 1. The molecule has 1 fully saturated rings. The number of halogens is 1. The molecule has 8 heteroatoms. The fourth-order valence-corrected chi connectivity index (χ4v) is 3.81. The Kier molecular flexibility index (Phi) is 6.95. The van der Waals surface area contributed by atoms with Crippen molar-refractivity contribution in [1.82, 2.24) is 10.2 Å². The third-order valence-corrected chi connectivity index (χ3v) is 5.40. The van der Waals surface area contributed by atoms with Gasteiger partial charge in [0.25, 0.3) is 11.1 Å². The van der Waals surface area contributed by atoms with Crippen molar-refractivity contribution in [2.75, 3.05) is 13.1 Å². The average Bonchev–Trinajstić information content (AvgIpc) is 2.94. The number of thioether (sulfide) groups is 1. The first kappa shape index (κ1) is 21.0. The quantitative estimate of drug-likeness (QED) is 0.652. The van der Waals surface area contributed by atoms with Gasteiger partial charge in [0.1, 0.15) is 5.75 Å². The Hall–Kier alpha value is -2.77. The van der Waals surface area contributed by atoms with Crippen molar-refractivity contribution in [3.8, 4) is 5.75 Å². The van der Waals surface area contributed by atoms with Crippen LogP contribution in [0.1, 0.15) is 17.5 Å². The molecule has 0 atom stereocenters. The van der Waals surface area contributed by atoms with Gasteiger partial charge >= 0.3 is 0 Å². The number of hydrogen-bond acceptors (Lipinski definition) is 5. The van der Waals surface area contributed by atoms with Gasteiger partial charge in [0.2, 0.25) is 5.91 Å². The number of phenolic OH excluding ortho intramolecular Hbond substituents is 1. The Morgan fingerprint density at radius 2 is 1.93 bits per heavy atom. The van der Waals surface area contributed by atoms with Crippen LogP contribution in [0, 0.1) is 0 Å². The van der Waals surface area contributed by atoms with Gasteiger partial charge < -0.3 is 10.4 Å². The van der Waals surface area contributed by atoms with E-state index in [4.69, 9.17) is 11.6 Å². The maximum absolute atomic E-state index is 12.5. The van der Waals surface area contributed by atoms with Gasteiger partial charge in [0.05, 0.1) is 4.91 Å². The predicted molar refractivity (Wildman–Crippen MR) is 114 cm³/mol. The number of imide groups is 1. The summed E-state index contributed by atoms with van der Waals surface area (Å²) in [6, 6.07) is 13.7. The van der Waals surface area contributed by atoms with Gasteiger partial charge in [-0.25, -0.2) is 0 Å². The van der Waals surface area contributed by atoms with Gasteiger partial charge in [-0.2, -0.15) is 0 Å². The Balaban J connectivity index is 1.48. The number of phenols is 1. The smallest absolute Gasteiger partial charge is 0.293 e. The summed E-state index contributed by atoms with van der Waals surface area (Å²) < 4.78 is 0. The summed E-state index contributed by atoms with van der Waals surface area (Å²) in [6.45, 7) is 0.461. The van der Waals surface area contributed by atoms with Crippen LogP contribution in [0.3, 0.4) is 0 Å². The topological polar surface area (TPSA) is 86.7 Å². The molecule has 3 amide bonds. The normalized spacial score (nSPS) is 15.2. The van der Waals surface area contributed by atoms with Gasteiger partial charge in [-0.3, -0.25) is 19.3 Å². The lowest BCUT2D eigenvalue weighted by molar-refractivity contribution is -0.124. The van der Waals surface area contributed by atoms with E-state index in [2.05, 4.69) is 5.32 Å². The number of carbonyl (C=O) groups excluding carboxylic acids is 3. The second-order valence-electron chi connectivity index (χ2n) is 6.40. The Labute approximate surface area is 177 Å². The highest BCUT2D eigenvalue weighted by molar-refractivity contribution is 8.18. The Morgan fingerprint density at radius 3 is 2.66 bits per heavy atom. The number of carbonyl (C=O) groups is 3. The van der Waals surface area contributed by atoms with Crippen LogP contribution in [0.2, 0.25) is 5.02 Å². The van der Waals surface area contributed by atoms with Gasteiger partial charge in [-0.1, -0.05) is 35.9 Å². The molecule has 0 radical (unpaired) electrons. The molecule has 0 saturated carbocycles. The number of benzene rings is 2. The lowest BCUT2D eigenvalue weighted by Crippen LogP contribution is -2.34. The molecular weight excluding hydrogens is 412 g/mol. The summed E-state index contributed by atoms with van der Waals surface area (Å²) in [4.78, 5) is 38.0.